The first-order valence-corrected chi connectivity index (χ1v) is 7.61. The summed E-state index contributed by atoms with van der Waals surface area (Å²) in [4.78, 5) is 12.2. The minimum Gasteiger partial charge on any atom is -0.497 e. The van der Waals surface area contributed by atoms with Crippen molar-refractivity contribution < 1.29 is 13.9 Å². The molecule has 0 atom stereocenters. The van der Waals surface area contributed by atoms with Gasteiger partial charge in [0.2, 0.25) is 5.91 Å². The molecule has 0 spiro atoms. The summed E-state index contributed by atoms with van der Waals surface area (Å²) in [5.41, 5.74) is 2.09. The molecule has 0 aliphatic carbocycles. The predicted molar refractivity (Wildman–Crippen MR) is 91.6 cm³/mol. The van der Waals surface area contributed by atoms with Crippen molar-refractivity contribution >= 4 is 45.8 Å². The molecule has 2 aromatic carbocycles. The predicted octanol–water partition coefficient (Wildman–Crippen LogP) is 4.93. The molecular formula is C17H13Cl2NO3. The topological polar surface area (TPSA) is 51.5 Å². The van der Waals surface area contributed by atoms with Gasteiger partial charge in [-0.1, -0.05) is 23.2 Å². The number of ether oxygens (including phenoxy) is 1. The highest BCUT2D eigenvalue weighted by molar-refractivity contribution is 6.42. The van der Waals surface area contributed by atoms with E-state index in [1.54, 1.807) is 31.6 Å². The summed E-state index contributed by atoms with van der Waals surface area (Å²) in [5.74, 6) is 0.541. The second-order valence-electron chi connectivity index (χ2n) is 4.98. The average Bonchev–Trinajstić information content (AvgIpc) is 2.93. The van der Waals surface area contributed by atoms with Crippen LogP contribution in [0.3, 0.4) is 0 Å². The summed E-state index contributed by atoms with van der Waals surface area (Å²) < 4.78 is 10.7. The molecule has 0 radical (unpaired) electrons. The molecule has 0 aliphatic rings. The Morgan fingerprint density at radius 2 is 2.00 bits per heavy atom. The number of benzene rings is 2. The summed E-state index contributed by atoms with van der Waals surface area (Å²) in [6.07, 6.45) is 1.76. The number of methoxy groups -OCH3 is 1. The van der Waals surface area contributed by atoms with Crippen LogP contribution in [0.4, 0.5) is 5.69 Å². The van der Waals surface area contributed by atoms with Crippen LogP contribution in [0.2, 0.25) is 10.0 Å². The highest BCUT2D eigenvalue weighted by atomic mass is 35.5. The average molecular weight is 350 g/mol. The number of carbonyl (C=O) groups is 1. The van der Waals surface area contributed by atoms with Gasteiger partial charge in [-0.15, -0.1) is 0 Å². The molecule has 1 heterocycles. The first-order valence-electron chi connectivity index (χ1n) is 6.86. The molecule has 3 rings (SSSR count). The van der Waals surface area contributed by atoms with Gasteiger partial charge in [-0.2, -0.15) is 0 Å². The summed E-state index contributed by atoms with van der Waals surface area (Å²) in [6, 6.07) is 10.4. The van der Waals surface area contributed by atoms with Crippen molar-refractivity contribution in [3.63, 3.8) is 0 Å². The fourth-order valence-electron chi connectivity index (χ4n) is 2.28. The van der Waals surface area contributed by atoms with Crippen LogP contribution in [0.15, 0.2) is 47.1 Å². The molecule has 0 bridgehead atoms. The van der Waals surface area contributed by atoms with Crippen LogP contribution < -0.4 is 10.1 Å². The molecule has 0 saturated carbocycles. The number of carbonyl (C=O) groups excluding carboxylic acids is 1. The Morgan fingerprint density at radius 1 is 1.17 bits per heavy atom. The molecule has 0 aliphatic heterocycles. The van der Waals surface area contributed by atoms with Crippen LogP contribution in [-0.2, 0) is 11.2 Å². The molecule has 3 aromatic rings. The van der Waals surface area contributed by atoms with E-state index in [0.29, 0.717) is 27.1 Å². The van der Waals surface area contributed by atoms with Crippen LogP contribution >= 0.6 is 23.2 Å². The Balaban J connectivity index is 1.78. The first-order chi connectivity index (χ1) is 11.1. The van der Waals surface area contributed by atoms with Crippen LogP contribution in [0, 0.1) is 0 Å². The third-order valence-electron chi connectivity index (χ3n) is 3.42. The molecule has 1 amide bonds. The fraction of sp³-hybridized carbons (Fsp3) is 0.118. The number of fused-ring (bicyclic) bond motifs is 1. The summed E-state index contributed by atoms with van der Waals surface area (Å²) >= 11 is 11.8. The summed E-state index contributed by atoms with van der Waals surface area (Å²) in [6.45, 7) is 0. The molecule has 0 saturated heterocycles. The van der Waals surface area contributed by atoms with Gasteiger partial charge < -0.3 is 14.5 Å². The Labute approximate surface area is 142 Å². The zero-order valence-electron chi connectivity index (χ0n) is 12.2. The van der Waals surface area contributed by atoms with Gasteiger partial charge in [0.1, 0.15) is 11.3 Å². The van der Waals surface area contributed by atoms with Crippen molar-refractivity contribution in [3.05, 3.63) is 58.3 Å². The van der Waals surface area contributed by atoms with Crippen molar-refractivity contribution in [3.8, 4) is 5.75 Å². The van der Waals surface area contributed by atoms with E-state index in [-0.39, 0.29) is 12.3 Å². The minimum atomic E-state index is -0.172. The number of amides is 1. The lowest BCUT2D eigenvalue weighted by molar-refractivity contribution is -0.115. The molecule has 118 valence electrons. The smallest absolute Gasteiger partial charge is 0.228 e. The SMILES string of the molecule is COc1ccc2occ(CC(=O)Nc3ccc(Cl)c(Cl)c3)c2c1. The number of rotatable bonds is 4. The van der Waals surface area contributed by atoms with Crippen LogP contribution in [0.5, 0.6) is 5.75 Å². The fourth-order valence-corrected chi connectivity index (χ4v) is 2.57. The monoisotopic (exact) mass is 349 g/mol. The highest BCUT2D eigenvalue weighted by Crippen LogP contribution is 2.27. The Kier molecular flexibility index (Phi) is 4.46. The van der Waals surface area contributed by atoms with Gasteiger partial charge in [-0.05, 0) is 36.4 Å². The number of furan rings is 1. The van der Waals surface area contributed by atoms with Crippen molar-refractivity contribution in [2.45, 2.75) is 6.42 Å². The lowest BCUT2D eigenvalue weighted by Gasteiger charge is -2.06. The number of hydrogen-bond donors (Lipinski definition) is 1. The molecule has 0 fully saturated rings. The maximum Gasteiger partial charge on any atom is 0.228 e. The Bertz CT molecular complexity index is 873. The minimum absolute atomic E-state index is 0.172. The van der Waals surface area contributed by atoms with Crippen molar-refractivity contribution in [1.29, 1.82) is 0 Å². The summed E-state index contributed by atoms with van der Waals surface area (Å²) in [7, 11) is 1.60. The van der Waals surface area contributed by atoms with Crippen molar-refractivity contribution in [1.82, 2.24) is 0 Å². The number of halogens is 2. The van der Waals surface area contributed by atoms with E-state index in [9.17, 15) is 4.79 Å². The van der Waals surface area contributed by atoms with Gasteiger partial charge in [0.05, 0.1) is 29.8 Å². The van der Waals surface area contributed by atoms with Gasteiger partial charge in [-0.25, -0.2) is 0 Å². The van der Waals surface area contributed by atoms with Crippen LogP contribution in [0.25, 0.3) is 11.0 Å². The lowest BCUT2D eigenvalue weighted by atomic mass is 10.1. The second-order valence-corrected chi connectivity index (χ2v) is 5.79. The molecule has 4 nitrogen and oxygen atoms in total. The number of hydrogen-bond acceptors (Lipinski definition) is 3. The van der Waals surface area contributed by atoms with Crippen LogP contribution in [-0.4, -0.2) is 13.0 Å². The molecular weight excluding hydrogens is 337 g/mol. The zero-order valence-corrected chi connectivity index (χ0v) is 13.7. The zero-order chi connectivity index (χ0) is 16.4. The van der Waals surface area contributed by atoms with E-state index >= 15 is 0 Å². The maximum atomic E-state index is 12.2. The van der Waals surface area contributed by atoms with Gasteiger partial charge in [0, 0.05) is 16.6 Å². The first kappa shape index (κ1) is 15.7. The van der Waals surface area contributed by atoms with E-state index in [4.69, 9.17) is 32.4 Å². The molecule has 1 aromatic heterocycles. The summed E-state index contributed by atoms with van der Waals surface area (Å²) in [5, 5.41) is 4.48. The maximum absolute atomic E-state index is 12.2. The van der Waals surface area contributed by atoms with Gasteiger partial charge in [0.15, 0.2) is 0 Å². The third kappa shape index (κ3) is 3.44. The quantitative estimate of drug-likeness (QED) is 0.726. The Morgan fingerprint density at radius 3 is 2.74 bits per heavy atom. The lowest BCUT2D eigenvalue weighted by Crippen LogP contribution is -2.14. The van der Waals surface area contributed by atoms with Crippen LogP contribution in [0.1, 0.15) is 5.56 Å². The van der Waals surface area contributed by atoms with Gasteiger partial charge >= 0.3 is 0 Å². The van der Waals surface area contributed by atoms with Gasteiger partial charge in [0.25, 0.3) is 0 Å². The largest absolute Gasteiger partial charge is 0.497 e. The van der Waals surface area contributed by atoms with E-state index in [0.717, 1.165) is 10.9 Å². The van der Waals surface area contributed by atoms with E-state index in [1.807, 2.05) is 18.2 Å². The number of anilines is 1. The molecule has 6 heteroatoms. The van der Waals surface area contributed by atoms with E-state index in [1.165, 1.54) is 0 Å². The number of nitrogens with one attached hydrogen (secondary N) is 1. The van der Waals surface area contributed by atoms with Crippen molar-refractivity contribution in [2.75, 3.05) is 12.4 Å². The van der Waals surface area contributed by atoms with Crippen molar-refractivity contribution in [2.24, 2.45) is 0 Å². The third-order valence-corrected chi connectivity index (χ3v) is 4.15. The normalized spacial score (nSPS) is 10.7. The van der Waals surface area contributed by atoms with Gasteiger partial charge in [-0.3, -0.25) is 4.79 Å². The standard InChI is InChI=1S/C17H13Cl2NO3/c1-22-12-3-5-16-13(8-12)10(9-23-16)6-17(21)20-11-2-4-14(18)15(19)7-11/h2-5,7-9H,6H2,1H3,(H,20,21). The van der Waals surface area contributed by atoms with E-state index in [2.05, 4.69) is 5.32 Å². The molecule has 0 unspecified atom stereocenters. The van der Waals surface area contributed by atoms with E-state index < -0.39 is 0 Å². The molecule has 23 heavy (non-hydrogen) atoms. The molecule has 1 N–H and O–H groups in total. The highest BCUT2D eigenvalue weighted by Gasteiger charge is 2.12. The Hall–Kier alpha value is -2.17. The second kappa shape index (κ2) is 6.52.